The number of fused-ring (bicyclic) bond motifs is 4. The Morgan fingerprint density at radius 2 is 1.73 bits per heavy atom. The third-order valence-corrected chi connectivity index (χ3v) is 8.73. The fourth-order valence-electron chi connectivity index (χ4n) is 5.70. The minimum absolute atomic E-state index is 0.0103. The van der Waals surface area contributed by atoms with Crippen LogP contribution >= 0.6 is 0 Å². The van der Waals surface area contributed by atoms with Crippen molar-refractivity contribution >= 4 is 21.5 Å². The van der Waals surface area contributed by atoms with Crippen LogP contribution in [0.15, 0.2) is 57.7 Å². The first kappa shape index (κ1) is 25.3. The van der Waals surface area contributed by atoms with Gasteiger partial charge in [-0.15, -0.1) is 0 Å². The molecule has 0 fully saturated rings. The van der Waals surface area contributed by atoms with Crippen LogP contribution in [0.25, 0.3) is 0 Å². The lowest BCUT2D eigenvalue weighted by Crippen LogP contribution is -2.46. The van der Waals surface area contributed by atoms with E-state index in [1.807, 2.05) is 19.1 Å². The smallest absolute Gasteiger partial charge is 0.276 e. The van der Waals surface area contributed by atoms with E-state index in [-0.39, 0.29) is 22.1 Å². The van der Waals surface area contributed by atoms with Gasteiger partial charge in [0, 0.05) is 25.1 Å². The maximum absolute atomic E-state index is 13.4. The van der Waals surface area contributed by atoms with Gasteiger partial charge in [0.05, 0.1) is 36.4 Å². The van der Waals surface area contributed by atoms with E-state index in [0.29, 0.717) is 35.6 Å². The molecule has 1 aliphatic carbocycles. The fraction of sp³-hybridized carbons (Fsp3) is 0.429. The molecule has 0 spiro atoms. The molecule has 1 N–H and O–H groups in total. The number of carbonyl (C=O) groups is 1. The van der Waals surface area contributed by atoms with Crippen molar-refractivity contribution < 1.29 is 22.7 Å². The lowest BCUT2D eigenvalue weighted by atomic mass is 9.71. The van der Waals surface area contributed by atoms with E-state index in [1.54, 1.807) is 38.5 Å². The molecule has 0 radical (unpaired) electrons. The number of hydrogen-bond donors (Lipinski definition) is 1. The number of benzene rings is 2. The van der Waals surface area contributed by atoms with E-state index in [0.717, 1.165) is 41.8 Å². The molecule has 196 valence electrons. The number of carbonyl (C=O) groups excluding carboxylic acids is 1. The number of hydrazone groups is 1. The molecule has 0 aromatic heterocycles. The van der Waals surface area contributed by atoms with Crippen LogP contribution in [0.2, 0.25) is 0 Å². The lowest BCUT2D eigenvalue weighted by Gasteiger charge is -2.48. The van der Waals surface area contributed by atoms with Gasteiger partial charge in [-0.25, -0.2) is 0 Å². The number of allylic oxidation sites excluding steroid dienone is 2. The number of hydrogen-bond acceptors (Lipinski definition) is 7. The van der Waals surface area contributed by atoms with Crippen LogP contribution in [0.3, 0.4) is 0 Å². The number of methoxy groups -OCH3 is 2. The van der Waals surface area contributed by atoms with Gasteiger partial charge in [0.1, 0.15) is 0 Å². The summed E-state index contributed by atoms with van der Waals surface area (Å²) in [5.41, 5.74) is 5.00. The third-order valence-electron chi connectivity index (χ3n) is 7.51. The van der Waals surface area contributed by atoms with Crippen LogP contribution in [0.1, 0.15) is 55.8 Å². The molecular weight excluding hydrogens is 490 g/mol. The van der Waals surface area contributed by atoms with E-state index in [1.165, 1.54) is 0 Å². The quantitative estimate of drug-likeness (QED) is 0.587. The van der Waals surface area contributed by atoms with Gasteiger partial charge in [0.25, 0.3) is 10.0 Å². The van der Waals surface area contributed by atoms with Crippen LogP contribution in [-0.2, 0) is 21.2 Å². The highest BCUT2D eigenvalue weighted by atomic mass is 32.2. The molecule has 3 aliphatic rings. The highest BCUT2D eigenvalue weighted by molar-refractivity contribution is 7.89. The van der Waals surface area contributed by atoms with Crippen LogP contribution in [0.4, 0.5) is 0 Å². The van der Waals surface area contributed by atoms with Crippen LogP contribution < -0.4 is 14.3 Å². The molecule has 2 heterocycles. The predicted molar refractivity (Wildman–Crippen MR) is 141 cm³/mol. The summed E-state index contributed by atoms with van der Waals surface area (Å²) in [6.07, 6.45) is 2.33. The average molecular weight is 524 g/mol. The number of ether oxygens (including phenoxy) is 2. The zero-order valence-corrected chi connectivity index (χ0v) is 22.7. The van der Waals surface area contributed by atoms with Gasteiger partial charge in [-0.1, -0.05) is 31.5 Å². The van der Waals surface area contributed by atoms with Crippen LogP contribution in [0, 0.1) is 12.3 Å². The Hall–Kier alpha value is -3.33. The topological polar surface area (TPSA) is 97.3 Å². The summed E-state index contributed by atoms with van der Waals surface area (Å²) in [6.45, 7) is 6.86. The summed E-state index contributed by atoms with van der Waals surface area (Å²) in [6, 6.07) is 10.5. The van der Waals surface area contributed by atoms with Crippen LogP contribution in [0.5, 0.6) is 11.5 Å². The molecule has 0 saturated heterocycles. The maximum atomic E-state index is 13.4. The average Bonchev–Trinajstić information content (AvgIpc) is 2.85. The second kappa shape index (κ2) is 9.20. The van der Waals surface area contributed by atoms with Gasteiger partial charge in [-0.2, -0.15) is 18.4 Å². The van der Waals surface area contributed by atoms with Crippen molar-refractivity contribution in [1.29, 1.82) is 0 Å². The minimum atomic E-state index is -3.89. The van der Waals surface area contributed by atoms with Gasteiger partial charge in [-0.05, 0) is 60.6 Å². The molecule has 2 aromatic carbocycles. The summed E-state index contributed by atoms with van der Waals surface area (Å²) >= 11 is 0. The van der Waals surface area contributed by atoms with Crippen molar-refractivity contribution in [2.45, 2.75) is 57.4 Å². The minimum Gasteiger partial charge on any atom is -0.493 e. The Bertz CT molecular complexity index is 1420. The zero-order chi connectivity index (χ0) is 26.5. The van der Waals surface area contributed by atoms with Crippen molar-refractivity contribution in [3.8, 4) is 11.5 Å². The van der Waals surface area contributed by atoms with Crippen molar-refractivity contribution in [1.82, 2.24) is 9.73 Å². The molecule has 2 aliphatic heterocycles. The van der Waals surface area contributed by atoms with Gasteiger partial charge < -0.3 is 14.4 Å². The fourth-order valence-corrected chi connectivity index (χ4v) is 6.53. The SMILES string of the molecule is COc1cc2c(cc1OC)C1C/C(=N/NS(=O)(=O)c3ccc(C)cc3)C3=C(CC(C)(C)CC3=O)N1CC2. The van der Waals surface area contributed by atoms with E-state index < -0.39 is 10.0 Å². The molecule has 37 heavy (non-hydrogen) atoms. The molecule has 0 amide bonds. The second-order valence-electron chi connectivity index (χ2n) is 10.8. The van der Waals surface area contributed by atoms with Crippen molar-refractivity contribution in [3.05, 3.63) is 64.4 Å². The second-order valence-corrected chi connectivity index (χ2v) is 12.5. The third kappa shape index (κ3) is 4.61. The number of sulfonamides is 1. The molecule has 0 bridgehead atoms. The first-order valence-corrected chi connectivity index (χ1v) is 13.9. The standard InChI is InChI=1S/C28H33N3O5S/c1-17-6-8-19(9-7-17)37(33,34)30-29-21-14-22-20-13-26(36-5)25(35-4)12-18(20)10-11-31(22)23-15-28(2,3)16-24(32)27(21)23/h6-9,12-13,22,30H,10-11,14-16H2,1-5H3/b29-21-. The van der Waals surface area contributed by atoms with E-state index >= 15 is 0 Å². The van der Waals surface area contributed by atoms with Gasteiger partial charge in [-0.3, -0.25) is 4.79 Å². The number of Topliss-reactive ketones (excluding diaryl/α,β-unsaturated/α-hetero) is 1. The highest BCUT2D eigenvalue weighted by Crippen LogP contribution is 2.49. The van der Waals surface area contributed by atoms with Gasteiger partial charge >= 0.3 is 0 Å². The van der Waals surface area contributed by atoms with Gasteiger partial charge in [0.2, 0.25) is 0 Å². The summed E-state index contributed by atoms with van der Waals surface area (Å²) in [4.78, 5) is 18.3. The van der Waals surface area contributed by atoms with Crippen molar-refractivity contribution in [2.24, 2.45) is 10.5 Å². The molecule has 8 nitrogen and oxygen atoms in total. The molecular formula is C28H33N3O5S. The maximum Gasteiger partial charge on any atom is 0.276 e. The number of ketones is 1. The monoisotopic (exact) mass is 523 g/mol. The summed E-state index contributed by atoms with van der Waals surface area (Å²) < 4.78 is 37.1. The summed E-state index contributed by atoms with van der Waals surface area (Å²) in [5, 5.41) is 4.39. The molecule has 1 atom stereocenters. The lowest BCUT2D eigenvalue weighted by molar-refractivity contribution is -0.118. The largest absolute Gasteiger partial charge is 0.493 e. The number of rotatable bonds is 5. The molecule has 9 heteroatoms. The number of nitrogens with zero attached hydrogens (tertiary/aromatic N) is 2. The molecule has 2 aromatic rings. The Morgan fingerprint density at radius 1 is 1.05 bits per heavy atom. The first-order valence-electron chi connectivity index (χ1n) is 12.5. The Kier molecular flexibility index (Phi) is 6.30. The number of aryl methyl sites for hydroxylation is 1. The summed E-state index contributed by atoms with van der Waals surface area (Å²) in [7, 11) is -0.650. The highest BCUT2D eigenvalue weighted by Gasteiger charge is 2.44. The summed E-state index contributed by atoms with van der Waals surface area (Å²) in [5.74, 6) is 1.33. The Labute approximate surface area is 218 Å². The van der Waals surface area contributed by atoms with E-state index in [4.69, 9.17) is 9.47 Å². The van der Waals surface area contributed by atoms with Crippen LogP contribution in [-0.4, -0.2) is 45.6 Å². The van der Waals surface area contributed by atoms with Crippen molar-refractivity contribution in [3.63, 3.8) is 0 Å². The first-order chi connectivity index (χ1) is 17.5. The Morgan fingerprint density at radius 3 is 2.41 bits per heavy atom. The number of nitrogens with one attached hydrogen (secondary N) is 1. The zero-order valence-electron chi connectivity index (χ0n) is 21.9. The van der Waals surface area contributed by atoms with E-state index in [2.05, 4.69) is 28.7 Å². The van der Waals surface area contributed by atoms with E-state index in [9.17, 15) is 13.2 Å². The van der Waals surface area contributed by atoms with Crippen molar-refractivity contribution in [2.75, 3.05) is 20.8 Å². The molecule has 0 saturated carbocycles. The Balaban J connectivity index is 1.59. The molecule has 1 unspecified atom stereocenters. The predicted octanol–water partition coefficient (Wildman–Crippen LogP) is 4.29. The van der Waals surface area contributed by atoms with Gasteiger partial charge in [0.15, 0.2) is 17.3 Å². The molecule has 5 rings (SSSR count). The normalized spacial score (nSPS) is 21.8.